The Labute approximate surface area is 106 Å². The lowest BCUT2D eigenvalue weighted by atomic mass is 10.1. The Morgan fingerprint density at radius 1 is 1.39 bits per heavy atom. The molecule has 96 valence electrons. The van der Waals surface area contributed by atoms with Gasteiger partial charge in [-0.05, 0) is 19.5 Å². The minimum Gasteiger partial charge on any atom is -0.485 e. The standard InChI is InChI=1S/C13H17N3O2/c1-3-14-7-11-6-10(2)4-5-12(11)17-8-13-15-9-18-16-13/h4-6,9,14H,3,7-8H2,1-2H3. The van der Waals surface area contributed by atoms with E-state index in [4.69, 9.17) is 4.74 Å². The van der Waals surface area contributed by atoms with Crippen LogP contribution in [-0.2, 0) is 13.2 Å². The minimum atomic E-state index is 0.318. The highest BCUT2D eigenvalue weighted by Crippen LogP contribution is 2.20. The summed E-state index contributed by atoms with van der Waals surface area (Å²) in [6.07, 6.45) is 1.30. The van der Waals surface area contributed by atoms with Crippen LogP contribution in [-0.4, -0.2) is 16.7 Å². The predicted octanol–water partition coefficient (Wildman–Crippen LogP) is 2.07. The molecule has 1 aromatic carbocycles. The smallest absolute Gasteiger partial charge is 0.213 e. The van der Waals surface area contributed by atoms with E-state index in [0.29, 0.717) is 12.4 Å². The van der Waals surface area contributed by atoms with Crippen molar-refractivity contribution in [2.75, 3.05) is 6.54 Å². The van der Waals surface area contributed by atoms with Gasteiger partial charge in [0.15, 0.2) is 6.61 Å². The SMILES string of the molecule is CCNCc1cc(C)ccc1OCc1ncon1. The maximum absolute atomic E-state index is 5.71. The van der Waals surface area contributed by atoms with Gasteiger partial charge in [-0.15, -0.1) is 0 Å². The van der Waals surface area contributed by atoms with Crippen molar-refractivity contribution >= 4 is 0 Å². The van der Waals surface area contributed by atoms with Crippen molar-refractivity contribution in [3.63, 3.8) is 0 Å². The second-order valence-corrected chi connectivity index (χ2v) is 4.03. The number of hydrogen-bond donors (Lipinski definition) is 1. The number of nitrogens with one attached hydrogen (secondary N) is 1. The fourth-order valence-corrected chi connectivity index (χ4v) is 1.65. The van der Waals surface area contributed by atoms with Crippen molar-refractivity contribution in [3.05, 3.63) is 41.5 Å². The predicted molar refractivity (Wildman–Crippen MR) is 67.2 cm³/mol. The fourth-order valence-electron chi connectivity index (χ4n) is 1.65. The van der Waals surface area contributed by atoms with E-state index in [1.165, 1.54) is 12.0 Å². The highest BCUT2D eigenvalue weighted by atomic mass is 16.5. The van der Waals surface area contributed by atoms with Gasteiger partial charge in [-0.25, -0.2) is 0 Å². The number of ether oxygens (including phenoxy) is 1. The van der Waals surface area contributed by atoms with Crippen molar-refractivity contribution in [2.45, 2.75) is 27.0 Å². The number of aryl methyl sites for hydroxylation is 1. The zero-order valence-electron chi connectivity index (χ0n) is 10.6. The molecule has 2 aromatic rings. The normalized spacial score (nSPS) is 10.6. The number of nitrogens with zero attached hydrogens (tertiary/aromatic N) is 2. The van der Waals surface area contributed by atoms with E-state index in [0.717, 1.165) is 24.4 Å². The maximum atomic E-state index is 5.71. The molecule has 0 radical (unpaired) electrons. The topological polar surface area (TPSA) is 60.2 Å². The lowest BCUT2D eigenvalue weighted by Gasteiger charge is -2.11. The second kappa shape index (κ2) is 6.16. The molecule has 0 amide bonds. The van der Waals surface area contributed by atoms with E-state index in [1.807, 2.05) is 12.1 Å². The van der Waals surface area contributed by atoms with Gasteiger partial charge in [-0.2, -0.15) is 4.98 Å². The van der Waals surface area contributed by atoms with Gasteiger partial charge in [0.25, 0.3) is 0 Å². The molecule has 5 nitrogen and oxygen atoms in total. The molecular formula is C13H17N3O2. The van der Waals surface area contributed by atoms with Crippen molar-refractivity contribution in [2.24, 2.45) is 0 Å². The number of aromatic nitrogens is 2. The summed E-state index contributed by atoms with van der Waals surface area (Å²) in [6.45, 7) is 6.19. The molecule has 0 aliphatic rings. The fraction of sp³-hybridized carbons (Fsp3) is 0.385. The molecule has 0 aliphatic carbocycles. The third-order valence-corrected chi connectivity index (χ3v) is 2.55. The van der Waals surface area contributed by atoms with Gasteiger partial charge in [-0.1, -0.05) is 29.8 Å². The monoisotopic (exact) mass is 247 g/mol. The minimum absolute atomic E-state index is 0.318. The van der Waals surface area contributed by atoms with Crippen LogP contribution in [0.5, 0.6) is 5.75 Å². The molecule has 0 bridgehead atoms. The highest BCUT2D eigenvalue weighted by Gasteiger charge is 2.06. The first-order valence-corrected chi connectivity index (χ1v) is 5.98. The van der Waals surface area contributed by atoms with Crippen LogP contribution < -0.4 is 10.1 Å². The van der Waals surface area contributed by atoms with Crippen molar-refractivity contribution < 1.29 is 9.26 Å². The molecule has 0 atom stereocenters. The van der Waals surface area contributed by atoms with Gasteiger partial charge in [0.05, 0.1) is 0 Å². The van der Waals surface area contributed by atoms with Crippen LogP contribution in [0.25, 0.3) is 0 Å². The molecule has 0 fully saturated rings. The van der Waals surface area contributed by atoms with Gasteiger partial charge in [0.2, 0.25) is 12.2 Å². The van der Waals surface area contributed by atoms with Crippen LogP contribution in [0.2, 0.25) is 0 Å². The second-order valence-electron chi connectivity index (χ2n) is 4.03. The summed E-state index contributed by atoms with van der Waals surface area (Å²) < 4.78 is 10.4. The molecule has 1 N–H and O–H groups in total. The Hall–Kier alpha value is -1.88. The van der Waals surface area contributed by atoms with E-state index in [-0.39, 0.29) is 0 Å². The average Bonchev–Trinajstić information content (AvgIpc) is 2.88. The lowest BCUT2D eigenvalue weighted by molar-refractivity contribution is 0.283. The highest BCUT2D eigenvalue weighted by molar-refractivity contribution is 5.36. The molecule has 0 aliphatic heterocycles. The summed E-state index contributed by atoms with van der Waals surface area (Å²) >= 11 is 0. The van der Waals surface area contributed by atoms with Gasteiger partial charge in [0, 0.05) is 12.1 Å². The van der Waals surface area contributed by atoms with Crippen LogP contribution in [0.15, 0.2) is 29.1 Å². The van der Waals surface area contributed by atoms with Crippen molar-refractivity contribution in [1.82, 2.24) is 15.5 Å². The molecule has 5 heteroatoms. The lowest BCUT2D eigenvalue weighted by Crippen LogP contribution is -2.13. The molecule has 1 heterocycles. The summed E-state index contributed by atoms with van der Waals surface area (Å²) in [7, 11) is 0. The molecular weight excluding hydrogens is 230 g/mol. The molecule has 2 rings (SSSR count). The van der Waals surface area contributed by atoms with E-state index in [2.05, 4.69) is 39.9 Å². The summed E-state index contributed by atoms with van der Waals surface area (Å²) in [4.78, 5) is 3.92. The van der Waals surface area contributed by atoms with Crippen LogP contribution >= 0.6 is 0 Å². The number of hydrogen-bond acceptors (Lipinski definition) is 5. The quantitative estimate of drug-likeness (QED) is 0.846. The average molecular weight is 247 g/mol. The van der Waals surface area contributed by atoms with Crippen LogP contribution in [0, 0.1) is 6.92 Å². The molecule has 0 saturated heterocycles. The third kappa shape index (κ3) is 3.30. The van der Waals surface area contributed by atoms with Crippen LogP contribution in [0.1, 0.15) is 23.9 Å². The summed E-state index contributed by atoms with van der Waals surface area (Å²) in [5.41, 5.74) is 2.36. The van der Waals surface area contributed by atoms with Crippen molar-refractivity contribution in [1.29, 1.82) is 0 Å². The Morgan fingerprint density at radius 2 is 2.28 bits per heavy atom. The zero-order chi connectivity index (χ0) is 12.8. The third-order valence-electron chi connectivity index (χ3n) is 2.55. The Morgan fingerprint density at radius 3 is 3.00 bits per heavy atom. The van der Waals surface area contributed by atoms with Crippen LogP contribution in [0.3, 0.4) is 0 Å². The largest absolute Gasteiger partial charge is 0.485 e. The Kier molecular flexibility index (Phi) is 4.30. The maximum Gasteiger partial charge on any atom is 0.213 e. The first kappa shape index (κ1) is 12.6. The Bertz CT molecular complexity index is 483. The molecule has 0 unspecified atom stereocenters. The Balaban J connectivity index is 2.05. The van der Waals surface area contributed by atoms with E-state index in [9.17, 15) is 0 Å². The van der Waals surface area contributed by atoms with Gasteiger partial charge >= 0.3 is 0 Å². The first-order chi connectivity index (χ1) is 8.79. The summed E-state index contributed by atoms with van der Waals surface area (Å²) in [5.74, 6) is 1.40. The molecule has 1 aromatic heterocycles. The van der Waals surface area contributed by atoms with Crippen molar-refractivity contribution in [3.8, 4) is 5.75 Å². The zero-order valence-corrected chi connectivity index (χ0v) is 10.6. The van der Waals surface area contributed by atoms with E-state index in [1.54, 1.807) is 0 Å². The molecule has 0 saturated carbocycles. The first-order valence-electron chi connectivity index (χ1n) is 5.98. The van der Waals surface area contributed by atoms with Crippen LogP contribution in [0.4, 0.5) is 0 Å². The number of benzene rings is 1. The van der Waals surface area contributed by atoms with E-state index >= 15 is 0 Å². The van der Waals surface area contributed by atoms with E-state index < -0.39 is 0 Å². The van der Waals surface area contributed by atoms with Gasteiger partial charge < -0.3 is 14.6 Å². The van der Waals surface area contributed by atoms with Gasteiger partial charge in [0.1, 0.15) is 5.75 Å². The number of rotatable bonds is 6. The molecule has 0 spiro atoms. The van der Waals surface area contributed by atoms with Gasteiger partial charge in [-0.3, -0.25) is 0 Å². The summed E-state index contributed by atoms with van der Waals surface area (Å²) in [5, 5.41) is 7.01. The molecule has 18 heavy (non-hydrogen) atoms. The summed E-state index contributed by atoms with van der Waals surface area (Å²) in [6, 6.07) is 6.12.